The molecule has 1 atom stereocenters. The monoisotopic (exact) mass is 295 g/mol. The topological polar surface area (TPSA) is 45.7 Å². The van der Waals surface area contributed by atoms with Gasteiger partial charge in [0.25, 0.3) is 0 Å². The molecule has 108 valence electrons. The predicted molar refractivity (Wildman–Crippen MR) is 78.4 cm³/mol. The highest BCUT2D eigenvalue weighted by Crippen LogP contribution is 2.28. The number of aromatic nitrogens is 1. The minimum absolute atomic E-state index is 0.125. The number of ether oxygens (including phenoxy) is 1. The standard InChI is InChI=1S/C14H18ClN3O2/c1-10-6-14(19)18(9-10)13-8-11(15)7-12(16-13)17-2-4-20-5-3-17/h7-8,10H,2-6,9H2,1H3/t10-/m0/s1. The summed E-state index contributed by atoms with van der Waals surface area (Å²) >= 11 is 6.20. The van der Waals surface area contributed by atoms with E-state index in [4.69, 9.17) is 16.3 Å². The molecule has 0 aromatic carbocycles. The van der Waals surface area contributed by atoms with Gasteiger partial charge in [0.05, 0.1) is 13.2 Å². The molecule has 0 spiro atoms. The van der Waals surface area contributed by atoms with E-state index < -0.39 is 0 Å². The molecule has 1 aromatic rings. The van der Waals surface area contributed by atoms with Crippen molar-refractivity contribution in [2.75, 3.05) is 42.6 Å². The van der Waals surface area contributed by atoms with Gasteiger partial charge in [-0.1, -0.05) is 18.5 Å². The Morgan fingerprint density at radius 2 is 2.00 bits per heavy atom. The lowest BCUT2D eigenvalue weighted by molar-refractivity contribution is -0.117. The molecule has 2 aliphatic rings. The fourth-order valence-electron chi connectivity index (χ4n) is 2.67. The fourth-order valence-corrected chi connectivity index (χ4v) is 2.87. The summed E-state index contributed by atoms with van der Waals surface area (Å²) in [6.07, 6.45) is 0.584. The van der Waals surface area contributed by atoms with Gasteiger partial charge in [-0.2, -0.15) is 0 Å². The van der Waals surface area contributed by atoms with Crippen LogP contribution in [0.1, 0.15) is 13.3 Å². The highest BCUT2D eigenvalue weighted by Gasteiger charge is 2.29. The van der Waals surface area contributed by atoms with Gasteiger partial charge in [0.1, 0.15) is 11.6 Å². The molecule has 0 N–H and O–H groups in total. The molecule has 0 bridgehead atoms. The third-order valence-electron chi connectivity index (χ3n) is 3.69. The maximum absolute atomic E-state index is 12.0. The van der Waals surface area contributed by atoms with E-state index in [0.717, 1.165) is 18.9 Å². The lowest BCUT2D eigenvalue weighted by Crippen LogP contribution is -2.37. The molecule has 20 heavy (non-hydrogen) atoms. The Labute approximate surface area is 123 Å². The van der Waals surface area contributed by atoms with Crippen molar-refractivity contribution in [2.24, 2.45) is 5.92 Å². The molecule has 6 heteroatoms. The van der Waals surface area contributed by atoms with E-state index in [-0.39, 0.29) is 5.91 Å². The highest BCUT2D eigenvalue weighted by molar-refractivity contribution is 6.31. The van der Waals surface area contributed by atoms with Crippen LogP contribution in [0.4, 0.5) is 11.6 Å². The molecule has 2 saturated heterocycles. The first-order valence-electron chi connectivity index (χ1n) is 6.94. The van der Waals surface area contributed by atoms with Crippen molar-refractivity contribution >= 4 is 29.1 Å². The summed E-state index contributed by atoms with van der Waals surface area (Å²) in [6, 6.07) is 3.61. The predicted octanol–water partition coefficient (Wildman–Crippen LogP) is 1.94. The molecule has 1 amide bonds. The number of rotatable bonds is 2. The summed E-state index contributed by atoms with van der Waals surface area (Å²) in [5.41, 5.74) is 0. The molecular formula is C14H18ClN3O2. The van der Waals surface area contributed by atoms with Crippen molar-refractivity contribution in [3.63, 3.8) is 0 Å². The molecule has 2 fully saturated rings. The smallest absolute Gasteiger partial charge is 0.228 e. The van der Waals surface area contributed by atoms with Crippen molar-refractivity contribution in [1.29, 1.82) is 0 Å². The highest BCUT2D eigenvalue weighted by atomic mass is 35.5. The number of pyridine rings is 1. The Balaban J connectivity index is 1.88. The molecule has 0 aliphatic carbocycles. The molecule has 5 nitrogen and oxygen atoms in total. The van der Waals surface area contributed by atoms with Crippen LogP contribution in [0.15, 0.2) is 12.1 Å². The Kier molecular flexibility index (Phi) is 3.81. The first-order chi connectivity index (χ1) is 9.63. The summed E-state index contributed by atoms with van der Waals surface area (Å²) < 4.78 is 5.35. The summed E-state index contributed by atoms with van der Waals surface area (Å²) in [4.78, 5) is 20.5. The van der Waals surface area contributed by atoms with E-state index in [9.17, 15) is 4.79 Å². The van der Waals surface area contributed by atoms with Crippen molar-refractivity contribution in [3.05, 3.63) is 17.2 Å². The van der Waals surface area contributed by atoms with E-state index in [2.05, 4.69) is 16.8 Å². The zero-order chi connectivity index (χ0) is 14.1. The molecule has 0 unspecified atom stereocenters. The average Bonchev–Trinajstić information content (AvgIpc) is 2.78. The summed E-state index contributed by atoms with van der Waals surface area (Å²) in [6.45, 7) is 5.79. The largest absolute Gasteiger partial charge is 0.378 e. The van der Waals surface area contributed by atoms with Crippen LogP contribution in [0, 0.1) is 5.92 Å². The number of nitrogens with zero attached hydrogens (tertiary/aromatic N) is 3. The number of anilines is 2. The second kappa shape index (κ2) is 5.58. The first-order valence-corrected chi connectivity index (χ1v) is 7.32. The van der Waals surface area contributed by atoms with Crippen molar-refractivity contribution in [1.82, 2.24) is 4.98 Å². The van der Waals surface area contributed by atoms with Gasteiger partial charge in [-0.25, -0.2) is 4.98 Å². The molecule has 3 heterocycles. The van der Waals surface area contributed by atoms with Crippen LogP contribution in [-0.2, 0) is 9.53 Å². The van der Waals surface area contributed by atoms with Gasteiger partial charge in [0.2, 0.25) is 5.91 Å². The first kappa shape index (κ1) is 13.6. The van der Waals surface area contributed by atoms with Crippen LogP contribution in [0.2, 0.25) is 5.02 Å². The molecule has 0 saturated carbocycles. The number of halogens is 1. The number of hydrogen-bond donors (Lipinski definition) is 0. The van der Waals surface area contributed by atoms with Crippen molar-refractivity contribution < 1.29 is 9.53 Å². The summed E-state index contributed by atoms with van der Waals surface area (Å²) in [7, 11) is 0. The second-order valence-corrected chi connectivity index (χ2v) is 5.85. The lowest BCUT2D eigenvalue weighted by atomic mass is 10.2. The number of carbonyl (C=O) groups excluding carboxylic acids is 1. The van der Waals surface area contributed by atoms with Crippen LogP contribution in [0.5, 0.6) is 0 Å². The zero-order valence-electron chi connectivity index (χ0n) is 11.5. The maximum atomic E-state index is 12.0. The van der Waals surface area contributed by atoms with Gasteiger partial charge in [-0.05, 0) is 18.1 Å². The van der Waals surface area contributed by atoms with Crippen molar-refractivity contribution in [2.45, 2.75) is 13.3 Å². The van der Waals surface area contributed by atoms with Gasteiger partial charge in [-0.15, -0.1) is 0 Å². The van der Waals surface area contributed by atoms with Crippen LogP contribution >= 0.6 is 11.6 Å². The lowest BCUT2D eigenvalue weighted by Gasteiger charge is -2.29. The minimum atomic E-state index is 0.125. The van der Waals surface area contributed by atoms with Gasteiger partial charge in [0, 0.05) is 31.1 Å². The Morgan fingerprint density at radius 3 is 2.65 bits per heavy atom. The Hall–Kier alpha value is -1.33. The number of hydrogen-bond acceptors (Lipinski definition) is 4. The van der Waals surface area contributed by atoms with Gasteiger partial charge >= 0.3 is 0 Å². The molecule has 1 aromatic heterocycles. The van der Waals surface area contributed by atoms with Crippen LogP contribution in [0.25, 0.3) is 0 Å². The second-order valence-electron chi connectivity index (χ2n) is 5.41. The van der Waals surface area contributed by atoms with Gasteiger partial charge in [0.15, 0.2) is 0 Å². The minimum Gasteiger partial charge on any atom is -0.378 e. The van der Waals surface area contributed by atoms with Gasteiger partial charge < -0.3 is 9.64 Å². The van der Waals surface area contributed by atoms with Crippen molar-refractivity contribution in [3.8, 4) is 0 Å². The number of carbonyl (C=O) groups is 1. The maximum Gasteiger partial charge on any atom is 0.228 e. The SMILES string of the molecule is C[C@H]1CC(=O)N(c2cc(Cl)cc(N3CCOCC3)n2)C1. The quantitative estimate of drug-likeness (QED) is 0.836. The van der Waals surface area contributed by atoms with Crippen LogP contribution in [0.3, 0.4) is 0 Å². The Morgan fingerprint density at radius 1 is 1.30 bits per heavy atom. The van der Waals surface area contributed by atoms with E-state index in [1.54, 1.807) is 11.0 Å². The van der Waals surface area contributed by atoms with Crippen LogP contribution in [-0.4, -0.2) is 43.7 Å². The third-order valence-corrected chi connectivity index (χ3v) is 3.91. The summed E-state index contributed by atoms with van der Waals surface area (Å²) in [5.74, 6) is 1.98. The summed E-state index contributed by atoms with van der Waals surface area (Å²) in [5, 5.41) is 0.615. The number of amides is 1. The van der Waals surface area contributed by atoms with E-state index in [1.165, 1.54) is 0 Å². The molecular weight excluding hydrogens is 278 g/mol. The number of morpholine rings is 1. The van der Waals surface area contributed by atoms with E-state index >= 15 is 0 Å². The average molecular weight is 296 g/mol. The van der Waals surface area contributed by atoms with E-state index in [0.29, 0.717) is 42.9 Å². The van der Waals surface area contributed by atoms with Crippen LogP contribution < -0.4 is 9.80 Å². The molecule has 0 radical (unpaired) electrons. The normalized spacial score (nSPS) is 23.5. The third kappa shape index (κ3) is 2.74. The fraction of sp³-hybridized carbons (Fsp3) is 0.571. The molecule has 3 rings (SSSR count). The Bertz CT molecular complexity index is 517. The molecule has 2 aliphatic heterocycles. The zero-order valence-corrected chi connectivity index (χ0v) is 12.3. The van der Waals surface area contributed by atoms with Gasteiger partial charge in [-0.3, -0.25) is 9.69 Å². The van der Waals surface area contributed by atoms with E-state index in [1.807, 2.05) is 6.07 Å².